The summed E-state index contributed by atoms with van der Waals surface area (Å²) in [5.74, 6) is -2.40. The van der Waals surface area contributed by atoms with E-state index in [1.165, 1.54) is 38.5 Å². The fourth-order valence-electron chi connectivity index (χ4n) is 4.88. The summed E-state index contributed by atoms with van der Waals surface area (Å²) in [7, 11) is -4.71. The molecule has 0 rings (SSSR count). The Labute approximate surface area is 296 Å². The molecule has 0 saturated carbocycles. The van der Waals surface area contributed by atoms with Gasteiger partial charge in [0.15, 0.2) is 6.10 Å². The van der Waals surface area contributed by atoms with Gasteiger partial charge in [-0.1, -0.05) is 115 Å². The molecule has 0 radical (unpaired) electrons. The van der Waals surface area contributed by atoms with Crippen molar-refractivity contribution in [3.63, 3.8) is 0 Å². The molecule has 0 aliphatic rings. The quantitative estimate of drug-likeness (QED) is 0.0247. The molecule has 0 aliphatic carbocycles. The van der Waals surface area contributed by atoms with Crippen LogP contribution in [0.1, 0.15) is 162 Å². The van der Waals surface area contributed by atoms with Crippen LogP contribution < -0.4 is 5.73 Å². The molecule has 0 heterocycles. The van der Waals surface area contributed by atoms with Crippen LogP contribution in [-0.2, 0) is 37.5 Å². The molecule has 286 valence electrons. The minimum absolute atomic E-state index is 0.151. The Hall–Kier alpha value is -2.04. The fourth-order valence-corrected chi connectivity index (χ4v) is 5.66. The molecule has 0 amide bonds. The summed E-state index contributed by atoms with van der Waals surface area (Å²) in [5, 5.41) is 8.85. The van der Waals surface area contributed by atoms with E-state index in [0.29, 0.717) is 12.8 Å². The number of carbonyl (C=O) groups is 3. The Kier molecular flexibility index (Phi) is 31.7. The molecule has 0 aromatic rings. The van der Waals surface area contributed by atoms with Crippen LogP contribution in [0.25, 0.3) is 0 Å². The lowest BCUT2D eigenvalue weighted by Crippen LogP contribution is -2.34. The lowest BCUT2D eigenvalue weighted by molar-refractivity contribution is -0.161. The summed E-state index contributed by atoms with van der Waals surface area (Å²) < 4.78 is 32.5. The van der Waals surface area contributed by atoms with Gasteiger partial charge in [-0.3, -0.25) is 23.4 Å². The molecule has 3 atom stereocenters. The highest BCUT2D eigenvalue weighted by atomic mass is 31.2. The minimum Gasteiger partial charge on any atom is -0.480 e. The number of carbonyl (C=O) groups excluding carboxylic acids is 2. The maximum absolute atomic E-state index is 12.5. The SMILES string of the molecule is CCC/C=C\CCCCCCCC(=O)OCC(COP(=O)(O)OCC(N)C(=O)O)OC(=O)CCCCCCC/C=C\CCCCCCCC. The van der Waals surface area contributed by atoms with Crippen molar-refractivity contribution >= 4 is 25.7 Å². The van der Waals surface area contributed by atoms with Crippen molar-refractivity contribution in [1.29, 1.82) is 0 Å². The van der Waals surface area contributed by atoms with Crippen molar-refractivity contribution in [2.75, 3.05) is 19.8 Å². The molecule has 0 aromatic carbocycles. The third-order valence-corrected chi connectivity index (χ3v) is 8.85. The summed E-state index contributed by atoms with van der Waals surface area (Å²) in [5.41, 5.74) is 5.31. The number of phosphoric acid groups is 1. The number of carboxylic acids is 1. The minimum atomic E-state index is -4.71. The van der Waals surface area contributed by atoms with Crippen LogP contribution in [0.4, 0.5) is 0 Å². The highest BCUT2D eigenvalue weighted by molar-refractivity contribution is 7.47. The van der Waals surface area contributed by atoms with Crippen LogP contribution in [-0.4, -0.2) is 59.9 Å². The summed E-state index contributed by atoms with van der Waals surface area (Å²) in [6, 6.07) is -1.52. The third kappa shape index (κ3) is 32.9. The van der Waals surface area contributed by atoms with Crippen molar-refractivity contribution in [3.05, 3.63) is 24.3 Å². The molecule has 12 heteroatoms. The van der Waals surface area contributed by atoms with Gasteiger partial charge >= 0.3 is 25.7 Å². The number of hydrogen-bond acceptors (Lipinski definition) is 9. The largest absolute Gasteiger partial charge is 0.480 e. The molecular weight excluding hydrogens is 649 g/mol. The molecule has 0 aromatic heterocycles. The molecule has 0 fully saturated rings. The van der Waals surface area contributed by atoms with Crippen LogP contribution in [0.2, 0.25) is 0 Å². The van der Waals surface area contributed by atoms with Crippen LogP contribution >= 0.6 is 7.82 Å². The number of nitrogens with two attached hydrogens (primary N) is 1. The molecule has 11 nitrogen and oxygen atoms in total. The first-order valence-corrected chi connectivity index (χ1v) is 20.4. The zero-order valence-corrected chi connectivity index (χ0v) is 31.4. The van der Waals surface area contributed by atoms with E-state index in [1.807, 2.05) is 0 Å². The lowest BCUT2D eigenvalue weighted by Gasteiger charge is -2.20. The van der Waals surface area contributed by atoms with Crippen LogP contribution in [0.3, 0.4) is 0 Å². The average Bonchev–Trinajstić information content (AvgIpc) is 3.07. The zero-order chi connectivity index (χ0) is 36.4. The van der Waals surface area contributed by atoms with E-state index >= 15 is 0 Å². The Morgan fingerprint density at radius 3 is 1.57 bits per heavy atom. The van der Waals surface area contributed by atoms with E-state index in [2.05, 4.69) is 42.7 Å². The van der Waals surface area contributed by atoms with E-state index in [0.717, 1.165) is 83.5 Å². The Morgan fingerprint density at radius 2 is 1.06 bits per heavy atom. The van der Waals surface area contributed by atoms with Gasteiger partial charge < -0.3 is 25.2 Å². The summed E-state index contributed by atoms with van der Waals surface area (Å²) in [6.45, 7) is 2.69. The van der Waals surface area contributed by atoms with Crippen LogP contribution in [0.5, 0.6) is 0 Å². The maximum atomic E-state index is 12.5. The van der Waals surface area contributed by atoms with Gasteiger partial charge in [-0.15, -0.1) is 0 Å². The summed E-state index contributed by atoms with van der Waals surface area (Å²) >= 11 is 0. The predicted octanol–water partition coefficient (Wildman–Crippen LogP) is 9.11. The number of rotatable bonds is 35. The highest BCUT2D eigenvalue weighted by Crippen LogP contribution is 2.43. The smallest absolute Gasteiger partial charge is 0.472 e. The molecule has 0 spiro atoms. The third-order valence-electron chi connectivity index (χ3n) is 7.90. The number of ether oxygens (including phenoxy) is 2. The molecule has 3 unspecified atom stereocenters. The van der Waals surface area contributed by atoms with Crippen molar-refractivity contribution in [3.8, 4) is 0 Å². The van der Waals surface area contributed by atoms with Gasteiger partial charge in [0.1, 0.15) is 12.6 Å². The Morgan fingerprint density at radius 1 is 0.612 bits per heavy atom. The predicted molar refractivity (Wildman–Crippen MR) is 194 cm³/mol. The van der Waals surface area contributed by atoms with E-state index in [1.54, 1.807) is 0 Å². The maximum Gasteiger partial charge on any atom is 0.472 e. The number of allylic oxidation sites excluding steroid dienone is 4. The monoisotopic (exact) mass is 717 g/mol. The first-order valence-electron chi connectivity index (χ1n) is 18.9. The number of aliphatic carboxylic acids is 1. The van der Waals surface area contributed by atoms with Gasteiger partial charge in [0.05, 0.1) is 13.2 Å². The molecule has 0 bridgehead atoms. The van der Waals surface area contributed by atoms with E-state index in [9.17, 15) is 23.8 Å². The van der Waals surface area contributed by atoms with Crippen molar-refractivity contribution in [2.24, 2.45) is 5.73 Å². The average molecular weight is 718 g/mol. The molecule has 0 saturated heterocycles. The zero-order valence-electron chi connectivity index (χ0n) is 30.5. The first-order chi connectivity index (χ1) is 23.6. The summed E-state index contributed by atoms with van der Waals surface area (Å²) in [6.07, 6.45) is 31.1. The number of esters is 2. The van der Waals surface area contributed by atoms with Crippen LogP contribution in [0.15, 0.2) is 24.3 Å². The molecular formula is C37H68NO10P. The van der Waals surface area contributed by atoms with Gasteiger partial charge in [-0.05, 0) is 57.8 Å². The van der Waals surface area contributed by atoms with Crippen LogP contribution in [0, 0.1) is 0 Å². The van der Waals surface area contributed by atoms with Gasteiger partial charge in [0.25, 0.3) is 0 Å². The number of hydrogen-bond donors (Lipinski definition) is 3. The highest BCUT2D eigenvalue weighted by Gasteiger charge is 2.28. The van der Waals surface area contributed by atoms with Gasteiger partial charge in [-0.25, -0.2) is 4.57 Å². The number of unbranched alkanes of at least 4 members (excludes halogenated alkanes) is 17. The fraction of sp³-hybridized carbons (Fsp3) is 0.811. The topological polar surface area (TPSA) is 172 Å². The van der Waals surface area contributed by atoms with Gasteiger partial charge in [0.2, 0.25) is 0 Å². The van der Waals surface area contributed by atoms with Crippen molar-refractivity contribution in [1.82, 2.24) is 0 Å². The molecule has 49 heavy (non-hydrogen) atoms. The van der Waals surface area contributed by atoms with E-state index in [4.69, 9.17) is 24.8 Å². The van der Waals surface area contributed by atoms with Crippen molar-refractivity contribution in [2.45, 2.75) is 174 Å². The molecule has 0 aliphatic heterocycles. The molecule has 4 N–H and O–H groups in total. The van der Waals surface area contributed by atoms with Crippen molar-refractivity contribution < 1.29 is 47.5 Å². The first kappa shape index (κ1) is 47.0. The normalized spacial score (nSPS) is 14.2. The standard InChI is InChI=1S/C37H68NO10P/c1-3-5-7-9-11-13-15-16-17-18-19-21-23-25-27-29-36(40)48-33(31-46-49(43,44)47-32-34(38)37(41)42)30-45-35(39)28-26-24-22-20-14-12-10-8-6-4-2/h8,10,16-17,33-34H,3-7,9,11-15,18-32,38H2,1-2H3,(H,41,42)(H,43,44)/b10-8-,17-16-. The van der Waals surface area contributed by atoms with E-state index < -0.39 is 51.1 Å². The van der Waals surface area contributed by atoms with Gasteiger partial charge in [-0.2, -0.15) is 0 Å². The second-order valence-corrected chi connectivity index (χ2v) is 14.2. The van der Waals surface area contributed by atoms with Gasteiger partial charge in [0, 0.05) is 12.8 Å². The second kappa shape index (κ2) is 33.1. The lowest BCUT2D eigenvalue weighted by atomic mass is 10.1. The number of carboxylic acid groups (broad SMARTS) is 1. The summed E-state index contributed by atoms with van der Waals surface area (Å²) in [4.78, 5) is 45.6. The Balaban J connectivity index is 4.45. The van der Waals surface area contributed by atoms with E-state index in [-0.39, 0.29) is 19.4 Å². The Bertz CT molecular complexity index is 942. The second-order valence-electron chi connectivity index (χ2n) is 12.7. The number of phosphoric ester groups is 1.